The molecule has 0 saturated heterocycles. The molecule has 1 fully saturated rings. The Balaban J connectivity index is 2.15. The maximum Gasteiger partial charge on any atom is 0.342 e. The van der Waals surface area contributed by atoms with Crippen LogP contribution in [0.1, 0.15) is 51.4 Å². The van der Waals surface area contributed by atoms with Gasteiger partial charge in [-0.25, -0.2) is 4.79 Å². The Labute approximate surface area is 113 Å². The van der Waals surface area contributed by atoms with Crippen molar-refractivity contribution in [3.05, 3.63) is 17.8 Å². The van der Waals surface area contributed by atoms with Gasteiger partial charge in [0.1, 0.15) is 11.2 Å². The van der Waals surface area contributed by atoms with Crippen molar-refractivity contribution in [2.24, 2.45) is 5.41 Å². The lowest BCUT2D eigenvalue weighted by Crippen LogP contribution is -2.25. The number of anilines is 1. The molecule has 1 aromatic heterocycles. The minimum atomic E-state index is -0.517. The van der Waals surface area contributed by atoms with E-state index in [9.17, 15) is 4.79 Å². The Morgan fingerprint density at radius 2 is 2.11 bits per heavy atom. The van der Waals surface area contributed by atoms with Gasteiger partial charge >= 0.3 is 5.97 Å². The number of ether oxygens (including phenoxy) is 1. The van der Waals surface area contributed by atoms with Crippen LogP contribution in [0.2, 0.25) is 0 Å². The second-order valence-electron chi connectivity index (χ2n) is 6.69. The summed E-state index contributed by atoms with van der Waals surface area (Å²) in [6.45, 7) is 9.88. The van der Waals surface area contributed by atoms with Crippen molar-refractivity contribution in [3.63, 3.8) is 0 Å². The molecule has 104 valence electrons. The molecule has 1 N–H and O–H groups in total. The molecule has 0 radical (unpaired) electrons. The van der Waals surface area contributed by atoms with E-state index in [2.05, 4.69) is 29.4 Å². The zero-order chi connectivity index (χ0) is 14.3. The predicted molar refractivity (Wildman–Crippen MR) is 73.0 cm³/mol. The highest BCUT2D eigenvalue weighted by Gasteiger charge is 2.46. The highest BCUT2D eigenvalue weighted by atomic mass is 16.6. The third-order valence-electron chi connectivity index (χ3n) is 3.16. The minimum Gasteiger partial charge on any atom is -0.456 e. The molecule has 19 heavy (non-hydrogen) atoms. The molecule has 1 saturated carbocycles. The van der Waals surface area contributed by atoms with Gasteiger partial charge in [0, 0.05) is 6.04 Å². The first kappa shape index (κ1) is 13.8. The summed E-state index contributed by atoms with van der Waals surface area (Å²) in [6, 6.07) is 1.98. The van der Waals surface area contributed by atoms with Gasteiger partial charge in [-0.1, -0.05) is 13.8 Å². The summed E-state index contributed by atoms with van der Waals surface area (Å²) < 4.78 is 5.37. The molecule has 1 aromatic rings. The van der Waals surface area contributed by atoms with Crippen molar-refractivity contribution in [2.75, 3.05) is 5.32 Å². The van der Waals surface area contributed by atoms with Crippen LogP contribution in [0.15, 0.2) is 12.3 Å². The average Bonchev–Trinajstić information content (AvgIpc) is 2.84. The topological polar surface area (TPSA) is 64.1 Å². The van der Waals surface area contributed by atoms with Crippen LogP contribution in [0.25, 0.3) is 0 Å². The van der Waals surface area contributed by atoms with E-state index in [1.165, 1.54) is 6.20 Å². The van der Waals surface area contributed by atoms with Gasteiger partial charge in [-0.2, -0.15) is 5.10 Å². The third-order valence-corrected chi connectivity index (χ3v) is 3.16. The Kier molecular flexibility index (Phi) is 3.24. The summed E-state index contributed by atoms with van der Waals surface area (Å²) >= 11 is 0. The average molecular weight is 263 g/mol. The van der Waals surface area contributed by atoms with Crippen LogP contribution in [-0.4, -0.2) is 27.8 Å². The number of nitrogens with one attached hydrogen (secondary N) is 1. The monoisotopic (exact) mass is 263 g/mol. The highest BCUT2D eigenvalue weighted by Crippen LogP contribution is 2.46. The van der Waals surface area contributed by atoms with Crippen molar-refractivity contribution < 1.29 is 9.53 Å². The molecule has 0 spiro atoms. The zero-order valence-corrected chi connectivity index (χ0v) is 12.2. The summed E-state index contributed by atoms with van der Waals surface area (Å²) in [5.74, 6) is 0.135. The molecule has 1 aliphatic carbocycles. The van der Waals surface area contributed by atoms with Gasteiger partial charge in [0.15, 0.2) is 5.82 Å². The molecule has 1 heterocycles. The Bertz CT molecular complexity index is 492. The van der Waals surface area contributed by atoms with E-state index in [0.717, 1.165) is 6.42 Å². The summed E-state index contributed by atoms with van der Waals surface area (Å²) in [5.41, 5.74) is 0.173. The molecule has 0 bridgehead atoms. The largest absolute Gasteiger partial charge is 0.456 e. The lowest BCUT2D eigenvalue weighted by Gasteiger charge is -2.20. The number of hydrogen-bond donors (Lipinski definition) is 1. The van der Waals surface area contributed by atoms with Crippen molar-refractivity contribution in [1.82, 2.24) is 10.2 Å². The first-order valence-electron chi connectivity index (χ1n) is 6.51. The summed E-state index contributed by atoms with van der Waals surface area (Å²) in [6.07, 6.45) is 2.57. The number of hydrogen-bond acceptors (Lipinski definition) is 5. The Morgan fingerprint density at radius 3 is 2.63 bits per heavy atom. The van der Waals surface area contributed by atoms with E-state index in [1.54, 1.807) is 6.07 Å². The fraction of sp³-hybridized carbons (Fsp3) is 0.643. The van der Waals surface area contributed by atoms with E-state index in [0.29, 0.717) is 17.4 Å². The second-order valence-corrected chi connectivity index (χ2v) is 6.69. The van der Waals surface area contributed by atoms with Crippen molar-refractivity contribution in [2.45, 2.75) is 52.7 Å². The SMILES string of the molecule is CC(C)(C)OC(=O)c1ccnnc1NC1CC1(C)C. The fourth-order valence-electron chi connectivity index (χ4n) is 1.81. The first-order valence-corrected chi connectivity index (χ1v) is 6.51. The van der Waals surface area contributed by atoms with Gasteiger partial charge < -0.3 is 10.1 Å². The zero-order valence-electron chi connectivity index (χ0n) is 12.2. The number of aromatic nitrogens is 2. The van der Waals surface area contributed by atoms with Crippen molar-refractivity contribution in [1.29, 1.82) is 0 Å². The van der Waals surface area contributed by atoms with Gasteiger partial charge in [0.25, 0.3) is 0 Å². The molecule has 1 atom stereocenters. The quantitative estimate of drug-likeness (QED) is 0.849. The predicted octanol–water partition coefficient (Wildman–Crippen LogP) is 2.64. The van der Waals surface area contributed by atoms with Crippen molar-refractivity contribution >= 4 is 11.8 Å². The lowest BCUT2D eigenvalue weighted by molar-refractivity contribution is 0.00701. The lowest BCUT2D eigenvalue weighted by atomic mass is 10.1. The van der Waals surface area contributed by atoms with E-state index < -0.39 is 5.60 Å². The normalized spacial score (nSPS) is 20.8. The Hall–Kier alpha value is -1.65. The smallest absolute Gasteiger partial charge is 0.342 e. The van der Waals surface area contributed by atoms with Gasteiger partial charge in [-0.05, 0) is 38.7 Å². The molecular weight excluding hydrogens is 242 g/mol. The van der Waals surface area contributed by atoms with Crippen LogP contribution >= 0.6 is 0 Å². The van der Waals surface area contributed by atoms with Gasteiger partial charge in [0.05, 0.1) is 6.20 Å². The summed E-state index contributed by atoms with van der Waals surface area (Å²) in [4.78, 5) is 12.1. The van der Waals surface area contributed by atoms with Gasteiger partial charge in [0.2, 0.25) is 0 Å². The van der Waals surface area contributed by atoms with E-state index in [1.807, 2.05) is 20.8 Å². The highest BCUT2D eigenvalue weighted by molar-refractivity contribution is 5.94. The maximum absolute atomic E-state index is 12.1. The van der Waals surface area contributed by atoms with Crippen LogP contribution in [0.3, 0.4) is 0 Å². The summed E-state index contributed by atoms with van der Waals surface area (Å²) in [7, 11) is 0. The van der Waals surface area contributed by atoms with Crippen LogP contribution in [0, 0.1) is 5.41 Å². The molecule has 2 rings (SSSR count). The second kappa shape index (κ2) is 4.47. The van der Waals surface area contributed by atoms with Gasteiger partial charge in [-0.3, -0.25) is 0 Å². The third kappa shape index (κ3) is 3.43. The van der Waals surface area contributed by atoms with Crippen LogP contribution in [0.5, 0.6) is 0 Å². The fourth-order valence-corrected chi connectivity index (χ4v) is 1.81. The van der Waals surface area contributed by atoms with Gasteiger partial charge in [-0.15, -0.1) is 5.10 Å². The van der Waals surface area contributed by atoms with Crippen molar-refractivity contribution in [3.8, 4) is 0 Å². The summed E-state index contributed by atoms with van der Waals surface area (Å²) in [5, 5.41) is 11.1. The molecule has 5 heteroatoms. The van der Waals surface area contributed by atoms with E-state index in [4.69, 9.17) is 4.74 Å². The number of rotatable bonds is 3. The van der Waals surface area contributed by atoms with Crippen LogP contribution in [0.4, 0.5) is 5.82 Å². The number of nitrogens with zero attached hydrogens (tertiary/aromatic N) is 2. The molecule has 0 amide bonds. The molecule has 5 nitrogen and oxygen atoms in total. The maximum atomic E-state index is 12.1. The molecule has 0 aromatic carbocycles. The van der Waals surface area contributed by atoms with Crippen LogP contribution < -0.4 is 5.32 Å². The van der Waals surface area contributed by atoms with E-state index in [-0.39, 0.29) is 11.4 Å². The molecule has 1 unspecified atom stereocenters. The van der Waals surface area contributed by atoms with E-state index >= 15 is 0 Å². The molecular formula is C14H21N3O2. The van der Waals surface area contributed by atoms with Crippen LogP contribution in [-0.2, 0) is 4.74 Å². The Morgan fingerprint density at radius 1 is 1.47 bits per heavy atom. The number of carbonyl (C=O) groups is 1. The minimum absolute atomic E-state index is 0.253. The first-order chi connectivity index (χ1) is 8.69. The number of esters is 1. The molecule has 1 aliphatic rings. The number of carbonyl (C=O) groups excluding carboxylic acids is 1. The molecule has 0 aliphatic heterocycles. The standard InChI is InChI=1S/C14H21N3O2/c1-13(2,3)19-12(18)9-6-7-15-17-11(9)16-10-8-14(10,4)5/h6-7,10H,8H2,1-5H3,(H,16,17).